The fourth-order valence-electron chi connectivity index (χ4n) is 3.07. The molecule has 1 aliphatic carbocycles. The third-order valence-electron chi connectivity index (χ3n) is 4.65. The largest absolute Gasteiger partial charge is 0.393 e. The lowest BCUT2D eigenvalue weighted by atomic mass is 10.0. The van der Waals surface area contributed by atoms with Gasteiger partial charge in [-0.2, -0.15) is 5.26 Å². The third-order valence-corrected chi connectivity index (χ3v) is 4.65. The van der Waals surface area contributed by atoms with Crippen LogP contribution in [0.5, 0.6) is 0 Å². The number of rotatable bonds is 4. The number of hydrogen-bond acceptors (Lipinski definition) is 4. The van der Waals surface area contributed by atoms with Crippen LogP contribution in [0.1, 0.15) is 38.2 Å². The molecule has 4 nitrogen and oxygen atoms in total. The maximum atomic E-state index is 9.60. The van der Waals surface area contributed by atoms with Crippen molar-refractivity contribution in [1.82, 2.24) is 0 Å². The SMILES string of the molecule is CC(Nc1ccc(N2CCC(O)CC2)c(C#N)c1)C1CC1. The molecule has 0 spiro atoms. The molecule has 0 amide bonds. The Hall–Kier alpha value is -1.73. The monoisotopic (exact) mass is 285 g/mol. The van der Waals surface area contributed by atoms with E-state index in [1.165, 1.54) is 12.8 Å². The van der Waals surface area contributed by atoms with Crippen LogP contribution in [0.3, 0.4) is 0 Å². The highest BCUT2D eigenvalue weighted by Crippen LogP contribution is 2.34. The Morgan fingerprint density at radius 2 is 2.00 bits per heavy atom. The van der Waals surface area contributed by atoms with Crippen LogP contribution in [0.2, 0.25) is 0 Å². The first-order valence-corrected chi connectivity index (χ1v) is 7.91. The van der Waals surface area contributed by atoms with E-state index in [2.05, 4.69) is 29.3 Å². The molecule has 1 heterocycles. The van der Waals surface area contributed by atoms with Gasteiger partial charge < -0.3 is 15.3 Å². The first kappa shape index (κ1) is 14.2. The van der Waals surface area contributed by atoms with Gasteiger partial charge in [-0.1, -0.05) is 0 Å². The van der Waals surface area contributed by atoms with E-state index in [0.29, 0.717) is 6.04 Å². The number of hydrogen-bond donors (Lipinski definition) is 2. The summed E-state index contributed by atoms with van der Waals surface area (Å²) in [5.41, 5.74) is 2.75. The van der Waals surface area contributed by atoms with Crippen molar-refractivity contribution in [1.29, 1.82) is 5.26 Å². The van der Waals surface area contributed by atoms with Gasteiger partial charge >= 0.3 is 0 Å². The fourth-order valence-corrected chi connectivity index (χ4v) is 3.07. The molecule has 3 rings (SSSR count). The molecule has 2 aliphatic rings. The Morgan fingerprint density at radius 3 is 2.62 bits per heavy atom. The van der Waals surface area contributed by atoms with Gasteiger partial charge in [-0.3, -0.25) is 0 Å². The Balaban J connectivity index is 1.74. The average Bonchev–Trinajstić information content (AvgIpc) is 3.33. The van der Waals surface area contributed by atoms with Crippen LogP contribution in [0, 0.1) is 17.2 Å². The van der Waals surface area contributed by atoms with E-state index in [4.69, 9.17) is 0 Å². The standard InChI is InChI=1S/C17H23N3O/c1-12(13-2-3-13)19-15-4-5-17(14(10-15)11-18)20-8-6-16(21)7-9-20/h4-5,10,12-13,16,19,21H,2-3,6-9H2,1H3. The number of nitrogens with one attached hydrogen (secondary N) is 1. The van der Waals surface area contributed by atoms with Crippen molar-refractivity contribution in [3.63, 3.8) is 0 Å². The van der Waals surface area contributed by atoms with E-state index in [1.54, 1.807) is 0 Å². The van der Waals surface area contributed by atoms with Crippen LogP contribution < -0.4 is 10.2 Å². The summed E-state index contributed by atoms with van der Waals surface area (Å²) in [4.78, 5) is 2.21. The van der Waals surface area contributed by atoms with Gasteiger partial charge in [0.15, 0.2) is 0 Å². The van der Waals surface area contributed by atoms with E-state index in [9.17, 15) is 10.4 Å². The third kappa shape index (κ3) is 3.30. The maximum Gasteiger partial charge on any atom is 0.101 e. The molecule has 1 unspecified atom stereocenters. The quantitative estimate of drug-likeness (QED) is 0.893. The highest BCUT2D eigenvalue weighted by Gasteiger charge is 2.28. The molecule has 0 bridgehead atoms. The van der Waals surface area contributed by atoms with Crippen molar-refractivity contribution in [3.8, 4) is 6.07 Å². The van der Waals surface area contributed by atoms with Crippen LogP contribution in [-0.2, 0) is 0 Å². The van der Waals surface area contributed by atoms with Crippen molar-refractivity contribution in [2.24, 2.45) is 5.92 Å². The van der Waals surface area contributed by atoms with Gasteiger partial charge in [0.2, 0.25) is 0 Å². The topological polar surface area (TPSA) is 59.3 Å². The second-order valence-corrected chi connectivity index (χ2v) is 6.33. The summed E-state index contributed by atoms with van der Waals surface area (Å²) in [7, 11) is 0. The molecule has 0 radical (unpaired) electrons. The lowest BCUT2D eigenvalue weighted by molar-refractivity contribution is 0.145. The summed E-state index contributed by atoms with van der Waals surface area (Å²) in [5.74, 6) is 0.791. The molecule has 1 atom stereocenters. The molecule has 2 N–H and O–H groups in total. The Bertz CT molecular complexity index is 539. The number of anilines is 2. The van der Waals surface area contributed by atoms with Crippen LogP contribution >= 0.6 is 0 Å². The van der Waals surface area contributed by atoms with Gasteiger partial charge in [0, 0.05) is 24.8 Å². The second-order valence-electron chi connectivity index (χ2n) is 6.33. The molecular formula is C17H23N3O. The summed E-state index contributed by atoms with van der Waals surface area (Å²) < 4.78 is 0. The minimum atomic E-state index is -0.188. The number of aliphatic hydroxyl groups excluding tert-OH is 1. The lowest BCUT2D eigenvalue weighted by Gasteiger charge is -2.32. The molecular weight excluding hydrogens is 262 g/mol. The molecule has 0 aromatic heterocycles. The Labute approximate surface area is 126 Å². The zero-order chi connectivity index (χ0) is 14.8. The number of aliphatic hydroxyl groups is 1. The minimum Gasteiger partial charge on any atom is -0.393 e. The number of nitriles is 1. The number of nitrogens with zero attached hydrogens (tertiary/aromatic N) is 2. The van der Waals surface area contributed by atoms with Crippen molar-refractivity contribution in [2.75, 3.05) is 23.3 Å². The van der Waals surface area contributed by atoms with Crippen LogP contribution in [-0.4, -0.2) is 30.3 Å². The van der Waals surface area contributed by atoms with Gasteiger partial charge in [0.25, 0.3) is 0 Å². The fraction of sp³-hybridized carbons (Fsp3) is 0.588. The van der Waals surface area contributed by atoms with E-state index in [1.807, 2.05) is 12.1 Å². The molecule has 1 aliphatic heterocycles. The lowest BCUT2D eigenvalue weighted by Crippen LogP contribution is -2.36. The Kier molecular flexibility index (Phi) is 4.03. The van der Waals surface area contributed by atoms with Gasteiger partial charge in [0.05, 0.1) is 17.4 Å². The highest BCUT2D eigenvalue weighted by molar-refractivity contribution is 5.65. The summed E-state index contributed by atoms with van der Waals surface area (Å²) >= 11 is 0. The molecule has 1 saturated carbocycles. The van der Waals surface area contributed by atoms with Crippen LogP contribution in [0.4, 0.5) is 11.4 Å². The van der Waals surface area contributed by atoms with Crippen LogP contribution in [0.15, 0.2) is 18.2 Å². The molecule has 1 aromatic carbocycles. The average molecular weight is 285 g/mol. The normalized spacial score (nSPS) is 20.9. The Morgan fingerprint density at radius 1 is 1.29 bits per heavy atom. The summed E-state index contributed by atoms with van der Waals surface area (Å²) in [6, 6.07) is 8.86. The molecule has 4 heteroatoms. The highest BCUT2D eigenvalue weighted by atomic mass is 16.3. The number of benzene rings is 1. The molecule has 1 aromatic rings. The summed E-state index contributed by atoms with van der Waals surface area (Å²) in [6.45, 7) is 3.85. The van der Waals surface area contributed by atoms with Gasteiger partial charge in [-0.25, -0.2) is 0 Å². The maximum absolute atomic E-state index is 9.60. The second kappa shape index (κ2) is 5.95. The summed E-state index contributed by atoms with van der Waals surface area (Å²) in [5, 5.41) is 22.5. The minimum absolute atomic E-state index is 0.188. The molecule has 1 saturated heterocycles. The smallest absolute Gasteiger partial charge is 0.101 e. The van der Waals surface area contributed by atoms with Gasteiger partial charge in [0.1, 0.15) is 6.07 Å². The zero-order valence-corrected chi connectivity index (χ0v) is 12.5. The van der Waals surface area contributed by atoms with Gasteiger partial charge in [-0.05, 0) is 56.7 Å². The molecule has 2 fully saturated rings. The van der Waals surface area contributed by atoms with Crippen molar-refractivity contribution >= 4 is 11.4 Å². The van der Waals surface area contributed by atoms with Crippen molar-refractivity contribution in [3.05, 3.63) is 23.8 Å². The van der Waals surface area contributed by atoms with Gasteiger partial charge in [-0.15, -0.1) is 0 Å². The van der Waals surface area contributed by atoms with Crippen molar-refractivity contribution in [2.45, 2.75) is 44.8 Å². The first-order valence-electron chi connectivity index (χ1n) is 7.91. The van der Waals surface area contributed by atoms with E-state index in [0.717, 1.165) is 48.8 Å². The van der Waals surface area contributed by atoms with E-state index in [-0.39, 0.29) is 6.10 Å². The van der Waals surface area contributed by atoms with Crippen molar-refractivity contribution < 1.29 is 5.11 Å². The number of piperidine rings is 1. The predicted octanol–water partition coefficient (Wildman–Crippen LogP) is 2.73. The van der Waals surface area contributed by atoms with E-state index < -0.39 is 0 Å². The molecule has 112 valence electrons. The zero-order valence-electron chi connectivity index (χ0n) is 12.5. The van der Waals surface area contributed by atoms with E-state index >= 15 is 0 Å². The summed E-state index contributed by atoms with van der Waals surface area (Å²) in [6.07, 6.45) is 4.00. The van der Waals surface area contributed by atoms with Crippen LogP contribution in [0.25, 0.3) is 0 Å². The molecule has 21 heavy (non-hydrogen) atoms. The predicted molar refractivity (Wildman–Crippen MR) is 84.4 cm³/mol. The first-order chi connectivity index (χ1) is 10.2.